The molecule has 0 fully saturated rings. The summed E-state index contributed by atoms with van der Waals surface area (Å²) in [5, 5.41) is 9.09. The van der Waals surface area contributed by atoms with Gasteiger partial charge in [-0.3, -0.25) is 0 Å². The van der Waals surface area contributed by atoms with Crippen molar-refractivity contribution in [2.45, 2.75) is 40.2 Å². The van der Waals surface area contributed by atoms with Crippen molar-refractivity contribution in [2.24, 2.45) is 10.8 Å². The van der Waals surface area contributed by atoms with Crippen LogP contribution in [0.15, 0.2) is 0 Å². The number of nitriles is 1. The van der Waals surface area contributed by atoms with Crippen molar-refractivity contribution in [3.05, 3.63) is 0 Å². The molecule has 0 amide bonds. The van der Waals surface area contributed by atoms with E-state index in [1.165, 1.54) is 0 Å². The Morgan fingerprint density at radius 3 is 1.71 bits per heavy atom. The highest BCUT2D eigenvalue weighted by atomic mass is 28.4. The molecule has 0 aliphatic rings. The van der Waals surface area contributed by atoms with E-state index in [2.05, 4.69) is 19.9 Å². The van der Waals surface area contributed by atoms with Gasteiger partial charge < -0.3 is 13.3 Å². The molecule has 100 valence electrons. The van der Waals surface area contributed by atoms with Crippen molar-refractivity contribution in [2.75, 3.05) is 21.3 Å². The van der Waals surface area contributed by atoms with Gasteiger partial charge in [0.2, 0.25) is 0 Å². The SMILES string of the molecule is CO[Si](CC(C)(C)CC(C)(C)C#N)(OC)OC. The van der Waals surface area contributed by atoms with Crippen LogP contribution >= 0.6 is 0 Å². The Kier molecular flexibility index (Phi) is 5.82. The van der Waals surface area contributed by atoms with Crippen LogP contribution in [0.2, 0.25) is 6.04 Å². The van der Waals surface area contributed by atoms with E-state index in [4.69, 9.17) is 18.5 Å². The summed E-state index contributed by atoms with van der Waals surface area (Å²) in [6.07, 6.45) is 0.779. The molecule has 0 atom stereocenters. The van der Waals surface area contributed by atoms with E-state index in [9.17, 15) is 0 Å². The van der Waals surface area contributed by atoms with Gasteiger partial charge in [-0.1, -0.05) is 13.8 Å². The van der Waals surface area contributed by atoms with Crippen LogP contribution in [0.5, 0.6) is 0 Å². The monoisotopic (exact) mass is 259 g/mol. The third-order valence-corrected chi connectivity index (χ3v) is 6.11. The lowest BCUT2D eigenvalue weighted by atomic mass is 9.77. The zero-order valence-electron chi connectivity index (χ0n) is 12.1. The summed E-state index contributed by atoms with van der Waals surface area (Å²) in [6, 6.07) is 3.03. The molecule has 17 heavy (non-hydrogen) atoms. The van der Waals surface area contributed by atoms with Crippen LogP contribution in [0.4, 0.5) is 0 Å². The van der Waals surface area contributed by atoms with Crippen molar-refractivity contribution in [3.8, 4) is 6.07 Å². The minimum atomic E-state index is -2.57. The molecule has 0 aliphatic heterocycles. The molecule has 0 aromatic heterocycles. The first-order valence-corrected chi connectivity index (χ1v) is 7.66. The maximum Gasteiger partial charge on any atom is 0.500 e. The summed E-state index contributed by atoms with van der Waals surface area (Å²) >= 11 is 0. The Labute approximate surface area is 106 Å². The predicted molar refractivity (Wildman–Crippen MR) is 69.4 cm³/mol. The van der Waals surface area contributed by atoms with E-state index >= 15 is 0 Å². The quantitative estimate of drug-likeness (QED) is 0.660. The second-order valence-corrected chi connectivity index (χ2v) is 8.75. The minimum Gasteiger partial charge on any atom is -0.377 e. The summed E-state index contributed by atoms with van der Waals surface area (Å²) in [7, 11) is 2.27. The number of nitrogens with zero attached hydrogens (tertiary/aromatic N) is 1. The largest absolute Gasteiger partial charge is 0.500 e. The molecule has 4 nitrogen and oxygen atoms in total. The Morgan fingerprint density at radius 1 is 1.00 bits per heavy atom. The highest BCUT2D eigenvalue weighted by molar-refractivity contribution is 6.60. The van der Waals surface area contributed by atoms with Crippen LogP contribution in [0, 0.1) is 22.2 Å². The third kappa shape index (κ3) is 5.17. The predicted octanol–water partition coefficient (Wildman–Crippen LogP) is 2.83. The molecule has 0 radical (unpaired) electrons. The molecule has 0 aromatic carbocycles. The van der Waals surface area contributed by atoms with Gasteiger partial charge in [-0.05, 0) is 25.7 Å². The summed E-state index contributed by atoms with van der Waals surface area (Å²) in [5.41, 5.74) is -0.410. The third-order valence-electron chi connectivity index (χ3n) is 2.85. The van der Waals surface area contributed by atoms with Crippen LogP contribution in [-0.4, -0.2) is 30.1 Å². The Balaban J connectivity index is 4.80. The maximum atomic E-state index is 9.09. The van der Waals surface area contributed by atoms with Crippen molar-refractivity contribution in [1.82, 2.24) is 0 Å². The zero-order chi connectivity index (χ0) is 13.7. The average Bonchev–Trinajstić information content (AvgIpc) is 2.25. The van der Waals surface area contributed by atoms with Crippen molar-refractivity contribution < 1.29 is 13.3 Å². The van der Waals surface area contributed by atoms with Gasteiger partial charge in [0, 0.05) is 27.4 Å². The van der Waals surface area contributed by atoms with Crippen molar-refractivity contribution >= 4 is 8.80 Å². The second kappa shape index (κ2) is 5.96. The topological polar surface area (TPSA) is 51.5 Å². The van der Waals surface area contributed by atoms with Gasteiger partial charge in [-0.2, -0.15) is 5.26 Å². The Morgan fingerprint density at radius 2 is 1.41 bits per heavy atom. The van der Waals surface area contributed by atoms with Crippen LogP contribution in [0.25, 0.3) is 0 Å². The lowest BCUT2D eigenvalue weighted by Crippen LogP contribution is -2.46. The molecule has 0 aromatic rings. The van der Waals surface area contributed by atoms with E-state index < -0.39 is 8.80 Å². The fraction of sp³-hybridized carbons (Fsp3) is 0.917. The molecule has 0 spiro atoms. The van der Waals surface area contributed by atoms with Gasteiger partial charge in [0.25, 0.3) is 0 Å². The molecule has 5 heteroatoms. The van der Waals surface area contributed by atoms with Crippen molar-refractivity contribution in [3.63, 3.8) is 0 Å². The van der Waals surface area contributed by atoms with Gasteiger partial charge >= 0.3 is 8.80 Å². The van der Waals surface area contributed by atoms with E-state index in [1.54, 1.807) is 21.3 Å². The van der Waals surface area contributed by atoms with E-state index in [1.807, 2.05) is 13.8 Å². The van der Waals surface area contributed by atoms with Gasteiger partial charge in [0.05, 0.1) is 11.5 Å². The standard InChI is InChI=1S/C12H25NO3Si/c1-11(2,9-13)8-12(3,4)10-17(14-5,15-6)16-7/h8,10H2,1-7H3. The van der Waals surface area contributed by atoms with Gasteiger partial charge in [-0.25, -0.2) is 0 Å². The van der Waals surface area contributed by atoms with Crippen LogP contribution in [0.1, 0.15) is 34.1 Å². The summed E-state index contributed by atoms with van der Waals surface area (Å²) in [4.78, 5) is 0. The molecule has 0 rings (SSSR count). The number of hydrogen-bond acceptors (Lipinski definition) is 4. The molecular weight excluding hydrogens is 234 g/mol. The van der Waals surface area contributed by atoms with Gasteiger partial charge in [0.1, 0.15) is 0 Å². The molecule has 0 saturated carbocycles. The number of rotatable bonds is 7. The first-order valence-electron chi connectivity index (χ1n) is 5.72. The fourth-order valence-electron chi connectivity index (χ4n) is 2.35. The van der Waals surface area contributed by atoms with E-state index in [-0.39, 0.29) is 10.8 Å². The first kappa shape index (κ1) is 16.6. The molecule has 0 unspecified atom stereocenters. The Bertz CT molecular complexity index is 272. The lowest BCUT2D eigenvalue weighted by molar-refractivity contribution is 0.104. The molecule has 0 aliphatic carbocycles. The molecule has 0 N–H and O–H groups in total. The van der Waals surface area contributed by atoms with Crippen LogP contribution in [0.3, 0.4) is 0 Å². The van der Waals surface area contributed by atoms with Gasteiger partial charge in [0.15, 0.2) is 0 Å². The molecular formula is C12H25NO3Si. The maximum absolute atomic E-state index is 9.09. The molecule has 0 heterocycles. The molecule has 0 bridgehead atoms. The van der Waals surface area contributed by atoms with E-state index in [0.717, 1.165) is 6.42 Å². The van der Waals surface area contributed by atoms with E-state index in [0.29, 0.717) is 6.04 Å². The van der Waals surface area contributed by atoms with Crippen LogP contribution in [-0.2, 0) is 13.3 Å². The summed E-state index contributed by atoms with van der Waals surface area (Å²) < 4.78 is 16.3. The normalized spacial score (nSPS) is 13.5. The lowest BCUT2D eigenvalue weighted by Gasteiger charge is -2.36. The highest BCUT2D eigenvalue weighted by Crippen LogP contribution is 2.39. The average molecular weight is 259 g/mol. The fourth-order valence-corrected chi connectivity index (χ4v) is 4.58. The Hall–Kier alpha value is -0.413. The summed E-state index contributed by atoms with van der Waals surface area (Å²) in [6.45, 7) is 8.13. The smallest absolute Gasteiger partial charge is 0.377 e. The second-order valence-electron chi connectivity index (χ2n) is 5.81. The molecule has 0 saturated heterocycles. The first-order chi connectivity index (χ1) is 7.66. The van der Waals surface area contributed by atoms with Crippen LogP contribution < -0.4 is 0 Å². The zero-order valence-corrected chi connectivity index (χ0v) is 13.1. The highest BCUT2D eigenvalue weighted by Gasteiger charge is 2.45. The number of hydrogen-bond donors (Lipinski definition) is 0. The van der Waals surface area contributed by atoms with Gasteiger partial charge in [-0.15, -0.1) is 0 Å². The minimum absolute atomic E-state index is 0.0620. The van der Waals surface area contributed by atoms with Crippen molar-refractivity contribution in [1.29, 1.82) is 5.26 Å². The summed E-state index contributed by atoms with van der Waals surface area (Å²) in [5.74, 6) is 0.